The number of likely N-dealkylation sites (N-methyl/N-ethyl adjacent to an activating group) is 1. The Morgan fingerprint density at radius 1 is 1.15 bits per heavy atom. The van der Waals surface area contributed by atoms with Gasteiger partial charge in [0.15, 0.2) is 11.5 Å². The minimum Gasteiger partial charge on any atom is -0.435 e. The molecular weight excluding hydrogens is 429 g/mol. The summed E-state index contributed by atoms with van der Waals surface area (Å²) >= 11 is 0. The second-order valence-corrected chi connectivity index (χ2v) is 7.88. The molecule has 172 valence electrons. The molecule has 33 heavy (non-hydrogen) atoms. The number of nitrogens with zero attached hydrogens (tertiary/aromatic N) is 4. The number of rotatable bonds is 7. The number of benzene rings is 2. The van der Waals surface area contributed by atoms with Crippen LogP contribution in [-0.4, -0.2) is 71.9 Å². The van der Waals surface area contributed by atoms with Gasteiger partial charge in [-0.1, -0.05) is 12.1 Å². The van der Waals surface area contributed by atoms with Gasteiger partial charge in [-0.05, 0) is 37.4 Å². The molecule has 0 unspecified atom stereocenters. The third-order valence-electron chi connectivity index (χ3n) is 5.59. The van der Waals surface area contributed by atoms with Crippen LogP contribution in [0.25, 0.3) is 22.8 Å². The fourth-order valence-electron chi connectivity index (χ4n) is 3.68. The molecule has 1 saturated heterocycles. The molecule has 4 rings (SSSR count). The van der Waals surface area contributed by atoms with Gasteiger partial charge in [0.05, 0.1) is 10.5 Å². The normalized spacial score (nSPS) is 14.8. The van der Waals surface area contributed by atoms with E-state index in [1.807, 2.05) is 0 Å². The number of carbonyl (C=O) groups is 1. The molecule has 2 heterocycles. The van der Waals surface area contributed by atoms with Crippen LogP contribution in [0.2, 0.25) is 0 Å². The zero-order chi connectivity index (χ0) is 23.4. The van der Waals surface area contributed by atoms with E-state index in [1.54, 1.807) is 6.07 Å². The lowest BCUT2D eigenvalue weighted by atomic mass is 10.1. The molecule has 0 saturated carbocycles. The number of aromatic nitrogens is 1. The average molecular weight is 453 g/mol. The lowest BCUT2D eigenvalue weighted by Gasteiger charge is -2.32. The zero-order valence-corrected chi connectivity index (χ0v) is 18.2. The molecular formula is C23H24FN5O4. The molecule has 2 aromatic carbocycles. The van der Waals surface area contributed by atoms with Crippen molar-refractivity contribution < 1.29 is 18.5 Å². The molecule has 9 nitrogen and oxygen atoms in total. The van der Waals surface area contributed by atoms with Crippen molar-refractivity contribution in [3.8, 4) is 22.8 Å². The van der Waals surface area contributed by atoms with Gasteiger partial charge in [-0.3, -0.25) is 19.8 Å². The van der Waals surface area contributed by atoms with Crippen molar-refractivity contribution in [3.63, 3.8) is 0 Å². The molecule has 0 bridgehead atoms. The molecule has 1 N–H and O–H groups in total. The molecule has 0 aliphatic carbocycles. The standard InChI is InChI=1S/C23H24FN5O4/c1-27-12-14-28(15-13-27)11-10-25-22(30)20-21(18-4-2-3-5-19(18)29(31)32)33-23(26-20)16-6-8-17(24)9-7-16/h2-9H,10-15H2,1H3,(H,25,30). The second kappa shape index (κ2) is 9.88. The first-order valence-corrected chi connectivity index (χ1v) is 10.6. The van der Waals surface area contributed by atoms with Crippen molar-refractivity contribution in [2.75, 3.05) is 46.3 Å². The number of nitro groups is 1. The van der Waals surface area contributed by atoms with Gasteiger partial charge in [-0.2, -0.15) is 0 Å². The number of hydrogen-bond donors (Lipinski definition) is 1. The van der Waals surface area contributed by atoms with Gasteiger partial charge in [-0.15, -0.1) is 0 Å². The number of para-hydroxylation sites is 1. The van der Waals surface area contributed by atoms with Crippen LogP contribution in [0.15, 0.2) is 52.9 Å². The summed E-state index contributed by atoms with van der Waals surface area (Å²) in [5.41, 5.74) is 0.341. The highest BCUT2D eigenvalue weighted by Gasteiger charge is 2.27. The predicted molar refractivity (Wildman–Crippen MR) is 120 cm³/mol. The predicted octanol–water partition coefficient (Wildman–Crippen LogP) is 3.03. The van der Waals surface area contributed by atoms with Crippen LogP contribution in [0.1, 0.15) is 10.5 Å². The van der Waals surface area contributed by atoms with Crippen molar-refractivity contribution in [2.24, 2.45) is 0 Å². The Balaban J connectivity index is 1.61. The number of amides is 1. The monoisotopic (exact) mass is 453 g/mol. The van der Waals surface area contributed by atoms with E-state index in [9.17, 15) is 19.3 Å². The van der Waals surface area contributed by atoms with Crippen LogP contribution >= 0.6 is 0 Å². The van der Waals surface area contributed by atoms with Gasteiger partial charge < -0.3 is 14.6 Å². The Bertz CT molecular complexity index is 1140. The minimum absolute atomic E-state index is 0.00118. The van der Waals surface area contributed by atoms with E-state index in [0.717, 1.165) is 26.2 Å². The summed E-state index contributed by atoms with van der Waals surface area (Å²) in [5, 5.41) is 14.4. The fraction of sp³-hybridized carbons (Fsp3) is 0.304. The molecule has 1 fully saturated rings. The van der Waals surface area contributed by atoms with E-state index in [1.165, 1.54) is 42.5 Å². The third-order valence-corrected chi connectivity index (χ3v) is 5.59. The smallest absolute Gasteiger partial charge is 0.280 e. The first kappa shape index (κ1) is 22.6. The maximum absolute atomic E-state index is 13.3. The maximum Gasteiger partial charge on any atom is 0.280 e. The van der Waals surface area contributed by atoms with Gasteiger partial charge in [0.2, 0.25) is 5.89 Å². The zero-order valence-electron chi connectivity index (χ0n) is 18.2. The van der Waals surface area contributed by atoms with Crippen molar-refractivity contribution in [2.45, 2.75) is 0 Å². The quantitative estimate of drug-likeness (QED) is 0.433. The molecule has 1 amide bonds. The van der Waals surface area contributed by atoms with Crippen LogP contribution in [-0.2, 0) is 0 Å². The van der Waals surface area contributed by atoms with E-state index in [-0.39, 0.29) is 28.6 Å². The van der Waals surface area contributed by atoms with E-state index < -0.39 is 16.6 Å². The highest BCUT2D eigenvalue weighted by atomic mass is 19.1. The molecule has 1 aliphatic heterocycles. The van der Waals surface area contributed by atoms with Gasteiger partial charge in [0, 0.05) is 50.9 Å². The number of oxazole rings is 1. The molecule has 0 spiro atoms. The van der Waals surface area contributed by atoms with Gasteiger partial charge in [0.1, 0.15) is 5.82 Å². The summed E-state index contributed by atoms with van der Waals surface area (Å²) < 4.78 is 19.2. The summed E-state index contributed by atoms with van der Waals surface area (Å²) in [7, 11) is 2.08. The van der Waals surface area contributed by atoms with E-state index in [4.69, 9.17) is 4.42 Å². The van der Waals surface area contributed by atoms with Crippen LogP contribution in [0.4, 0.5) is 10.1 Å². The van der Waals surface area contributed by atoms with Crippen LogP contribution in [0.3, 0.4) is 0 Å². The number of carbonyl (C=O) groups excluding carboxylic acids is 1. The highest BCUT2D eigenvalue weighted by Crippen LogP contribution is 2.35. The van der Waals surface area contributed by atoms with Crippen molar-refractivity contribution in [3.05, 3.63) is 70.2 Å². The number of piperazine rings is 1. The lowest BCUT2D eigenvalue weighted by Crippen LogP contribution is -2.46. The second-order valence-electron chi connectivity index (χ2n) is 7.88. The van der Waals surface area contributed by atoms with Crippen LogP contribution < -0.4 is 5.32 Å². The molecule has 1 aliphatic rings. The van der Waals surface area contributed by atoms with Crippen LogP contribution in [0.5, 0.6) is 0 Å². The van der Waals surface area contributed by atoms with Gasteiger partial charge in [0.25, 0.3) is 11.6 Å². The third kappa shape index (κ3) is 5.24. The van der Waals surface area contributed by atoms with Crippen molar-refractivity contribution in [1.82, 2.24) is 20.1 Å². The summed E-state index contributed by atoms with van der Waals surface area (Å²) in [6, 6.07) is 11.4. The van der Waals surface area contributed by atoms with Crippen LogP contribution in [0, 0.1) is 15.9 Å². The lowest BCUT2D eigenvalue weighted by molar-refractivity contribution is -0.384. The van der Waals surface area contributed by atoms with Gasteiger partial charge in [-0.25, -0.2) is 9.37 Å². The Kier molecular flexibility index (Phi) is 6.76. The largest absolute Gasteiger partial charge is 0.435 e. The Hall–Kier alpha value is -3.63. The van der Waals surface area contributed by atoms with Crippen molar-refractivity contribution in [1.29, 1.82) is 0 Å². The molecule has 1 aromatic heterocycles. The minimum atomic E-state index is -0.537. The number of nitrogens with one attached hydrogen (secondary N) is 1. The summed E-state index contributed by atoms with van der Waals surface area (Å²) in [6.45, 7) is 4.87. The Labute approximate surface area is 190 Å². The molecule has 10 heteroatoms. The summed E-state index contributed by atoms with van der Waals surface area (Å²) in [6.07, 6.45) is 0. The van der Waals surface area contributed by atoms with Crippen molar-refractivity contribution >= 4 is 11.6 Å². The SMILES string of the molecule is CN1CCN(CCNC(=O)c2nc(-c3ccc(F)cc3)oc2-c2ccccc2[N+](=O)[O-])CC1. The molecule has 0 radical (unpaired) electrons. The molecule has 0 atom stereocenters. The fourth-order valence-corrected chi connectivity index (χ4v) is 3.68. The number of halogens is 1. The first-order chi connectivity index (χ1) is 15.9. The van der Waals surface area contributed by atoms with E-state index >= 15 is 0 Å². The maximum atomic E-state index is 13.3. The van der Waals surface area contributed by atoms with E-state index in [0.29, 0.717) is 18.7 Å². The summed E-state index contributed by atoms with van der Waals surface area (Å²) in [4.78, 5) is 32.9. The first-order valence-electron chi connectivity index (χ1n) is 10.6. The number of nitro benzene ring substituents is 1. The van der Waals surface area contributed by atoms with Gasteiger partial charge >= 0.3 is 0 Å². The molecule has 3 aromatic rings. The van der Waals surface area contributed by atoms with E-state index in [2.05, 4.69) is 27.1 Å². The average Bonchev–Trinajstić information content (AvgIpc) is 3.26. The summed E-state index contributed by atoms with van der Waals surface area (Å²) in [5.74, 6) is -0.841. The topological polar surface area (TPSA) is 105 Å². The number of hydrogen-bond acceptors (Lipinski definition) is 7. The Morgan fingerprint density at radius 2 is 1.85 bits per heavy atom. The highest BCUT2D eigenvalue weighted by molar-refractivity contribution is 5.99. The Morgan fingerprint density at radius 3 is 2.55 bits per heavy atom.